The Morgan fingerprint density at radius 1 is 1.02 bits per heavy atom. The number of benzene rings is 2. The first-order valence-electron chi connectivity index (χ1n) is 15.3. The van der Waals surface area contributed by atoms with Gasteiger partial charge in [-0.3, -0.25) is 14.7 Å². The van der Waals surface area contributed by atoms with E-state index < -0.39 is 76.5 Å². The van der Waals surface area contributed by atoms with Gasteiger partial charge in [0.05, 0.1) is 21.9 Å². The van der Waals surface area contributed by atoms with Crippen LogP contribution in [0.5, 0.6) is 17.6 Å². The lowest BCUT2D eigenvalue weighted by atomic mass is 9.95. The molecule has 16 heteroatoms. The number of carbonyl (C=O) groups excluding carboxylic acids is 1. The van der Waals surface area contributed by atoms with Crippen molar-refractivity contribution in [1.29, 1.82) is 0 Å². The van der Waals surface area contributed by atoms with Gasteiger partial charge in [-0.2, -0.15) is 36.3 Å². The third kappa shape index (κ3) is 7.05. The van der Waals surface area contributed by atoms with Crippen molar-refractivity contribution in [3.05, 3.63) is 47.9 Å². The molecule has 4 heterocycles. The molecular formula is C33H30F8N4O4. The number of carbonyl (C=O) groups is 1. The Kier molecular flexibility index (Phi) is 8.60. The molecule has 0 amide bonds. The largest absolute Gasteiger partial charge is 0.467 e. The molecule has 2 fully saturated rings. The van der Waals surface area contributed by atoms with Gasteiger partial charge >= 0.3 is 24.3 Å². The second-order valence-electron chi connectivity index (χ2n) is 13.3. The number of hydrogen-bond donors (Lipinski definition) is 0. The molecule has 0 saturated carbocycles. The Bertz CT molecular complexity index is 1930. The van der Waals surface area contributed by atoms with Crippen LogP contribution in [0.3, 0.4) is 0 Å². The molecule has 4 aromatic rings. The highest BCUT2D eigenvalue weighted by Crippen LogP contribution is 2.42. The predicted octanol–water partition coefficient (Wildman–Crippen LogP) is 7.85. The van der Waals surface area contributed by atoms with Crippen LogP contribution < -0.4 is 14.2 Å². The maximum absolute atomic E-state index is 16.6. The minimum atomic E-state index is -4.80. The third-order valence-electron chi connectivity index (χ3n) is 8.57. The van der Waals surface area contributed by atoms with Gasteiger partial charge in [-0.05, 0) is 75.2 Å². The van der Waals surface area contributed by atoms with E-state index in [1.54, 1.807) is 20.8 Å². The molecule has 262 valence electrons. The normalized spacial score (nSPS) is 20.2. The number of halogens is 8. The van der Waals surface area contributed by atoms with Crippen LogP contribution in [-0.4, -0.2) is 70.0 Å². The van der Waals surface area contributed by atoms with E-state index in [1.807, 2.05) is 4.90 Å². The molecule has 0 N–H and O–H groups in total. The highest BCUT2D eigenvalue weighted by atomic mass is 19.4. The molecule has 0 spiro atoms. The number of fused-ring (bicyclic) bond motifs is 3. The zero-order chi connectivity index (χ0) is 35.5. The smallest absolute Gasteiger partial charge is 0.422 e. The number of nitrogens with zero attached hydrogens (tertiary/aromatic N) is 4. The average molecular weight is 699 g/mol. The average Bonchev–Trinajstić information content (AvgIpc) is 3.53. The van der Waals surface area contributed by atoms with E-state index in [-0.39, 0.29) is 47.0 Å². The lowest BCUT2D eigenvalue weighted by molar-refractivity contribution is -0.154. The van der Waals surface area contributed by atoms with E-state index in [0.29, 0.717) is 13.0 Å². The summed E-state index contributed by atoms with van der Waals surface area (Å²) in [7, 11) is 0. The maximum atomic E-state index is 16.6. The maximum Gasteiger partial charge on any atom is 0.422 e. The molecule has 0 aliphatic carbocycles. The lowest BCUT2D eigenvalue weighted by Gasteiger charge is -2.30. The Morgan fingerprint density at radius 3 is 2.47 bits per heavy atom. The number of esters is 1. The van der Waals surface area contributed by atoms with E-state index in [9.17, 15) is 35.5 Å². The fraction of sp³-hybridized carbons (Fsp3) is 0.455. The number of pyridine rings is 1. The summed E-state index contributed by atoms with van der Waals surface area (Å²) in [6.07, 6.45) is -8.23. The number of rotatable bonds is 7. The minimum Gasteiger partial charge on any atom is -0.467 e. The summed E-state index contributed by atoms with van der Waals surface area (Å²) in [6.45, 7) is 3.64. The van der Waals surface area contributed by atoms with Crippen LogP contribution >= 0.6 is 0 Å². The molecule has 0 radical (unpaired) electrons. The van der Waals surface area contributed by atoms with Gasteiger partial charge in [0.15, 0.2) is 12.4 Å². The second kappa shape index (κ2) is 12.2. The van der Waals surface area contributed by atoms with Crippen molar-refractivity contribution in [3.8, 4) is 28.9 Å². The van der Waals surface area contributed by atoms with E-state index in [0.717, 1.165) is 36.9 Å². The van der Waals surface area contributed by atoms with Gasteiger partial charge in [-0.1, -0.05) is 6.07 Å². The van der Waals surface area contributed by atoms with Crippen LogP contribution in [0.4, 0.5) is 35.1 Å². The van der Waals surface area contributed by atoms with Crippen LogP contribution in [-0.2, 0) is 11.0 Å². The molecule has 2 atom stereocenters. The minimum absolute atomic E-state index is 0.113. The number of hydrogen-bond acceptors (Lipinski definition) is 8. The van der Waals surface area contributed by atoms with Crippen molar-refractivity contribution in [3.63, 3.8) is 0 Å². The molecule has 8 nitrogen and oxygen atoms in total. The van der Waals surface area contributed by atoms with Crippen molar-refractivity contribution in [2.24, 2.45) is 5.41 Å². The summed E-state index contributed by atoms with van der Waals surface area (Å²) in [5, 5.41) is -0.344. The summed E-state index contributed by atoms with van der Waals surface area (Å²) in [5.74, 6) is -2.75. The highest BCUT2D eigenvalue weighted by Gasteiger charge is 2.49. The predicted molar refractivity (Wildman–Crippen MR) is 160 cm³/mol. The molecule has 2 aliphatic heterocycles. The first kappa shape index (κ1) is 34.5. The molecule has 2 saturated heterocycles. The quantitative estimate of drug-likeness (QED) is 0.110. The van der Waals surface area contributed by atoms with E-state index in [1.165, 1.54) is 6.07 Å². The fourth-order valence-electron chi connectivity index (χ4n) is 6.19. The molecule has 6 rings (SSSR count). The van der Waals surface area contributed by atoms with Crippen LogP contribution in [0.2, 0.25) is 0 Å². The fourth-order valence-corrected chi connectivity index (χ4v) is 6.19. The zero-order valence-corrected chi connectivity index (χ0v) is 26.4. The van der Waals surface area contributed by atoms with Crippen LogP contribution in [0.25, 0.3) is 32.9 Å². The first-order valence-corrected chi connectivity index (χ1v) is 15.3. The van der Waals surface area contributed by atoms with Gasteiger partial charge in [0, 0.05) is 24.7 Å². The number of aromatic nitrogens is 3. The van der Waals surface area contributed by atoms with E-state index >= 15 is 4.39 Å². The molecule has 2 aromatic heterocycles. The first-order chi connectivity index (χ1) is 22.8. The number of ether oxygens (including phenoxy) is 3. The molecular weight excluding hydrogens is 668 g/mol. The van der Waals surface area contributed by atoms with Gasteiger partial charge in [-0.25, -0.2) is 8.78 Å². The van der Waals surface area contributed by atoms with Crippen molar-refractivity contribution in [1.82, 2.24) is 19.9 Å². The second-order valence-corrected chi connectivity index (χ2v) is 13.3. The van der Waals surface area contributed by atoms with Gasteiger partial charge in [-0.15, -0.1) is 0 Å². The SMILES string of the molecule is CC(C)(C)C(=O)Oc1cc(-c2ncc3c(OCC(F)(F)F)nc(OC[C@@]45CCCN4C[C@H](F)C5)nc3c2F)c2cc(C(F)(F)F)ccc2c1. The molecule has 49 heavy (non-hydrogen) atoms. The van der Waals surface area contributed by atoms with Crippen molar-refractivity contribution in [2.45, 2.75) is 64.1 Å². The summed E-state index contributed by atoms with van der Waals surface area (Å²) < 4.78 is 128. The van der Waals surface area contributed by atoms with E-state index in [2.05, 4.69) is 15.0 Å². The Hall–Kier alpha value is -4.34. The van der Waals surface area contributed by atoms with Gasteiger partial charge in [0.1, 0.15) is 29.7 Å². The summed E-state index contributed by atoms with van der Waals surface area (Å²) in [6, 6.07) is 4.63. The molecule has 0 bridgehead atoms. The van der Waals surface area contributed by atoms with Crippen LogP contribution in [0.15, 0.2) is 36.5 Å². The topological polar surface area (TPSA) is 86.7 Å². The summed E-state index contributed by atoms with van der Waals surface area (Å²) >= 11 is 0. The summed E-state index contributed by atoms with van der Waals surface area (Å²) in [5.41, 5.74) is -4.09. The van der Waals surface area contributed by atoms with Crippen molar-refractivity contribution >= 4 is 27.6 Å². The van der Waals surface area contributed by atoms with Crippen molar-refractivity contribution < 1.29 is 54.1 Å². The number of alkyl halides is 7. The summed E-state index contributed by atoms with van der Waals surface area (Å²) in [4.78, 5) is 26.7. The standard InChI is InChI=1S/C33H30F8N4O4/c1-30(2,3)28(46)49-20-9-17-5-6-18(33(39,40)41)10-21(17)22(11-20)25-24(35)26-23(13-42-25)27(47-16-32(36,37)38)44-29(43-26)48-15-31-7-4-8-45(31)14-19(34)12-31/h5-6,9-11,13,19H,4,7-8,12,14-16H2,1-3H3/t19-,31+/m1/s1. The van der Waals surface area contributed by atoms with Crippen LogP contribution in [0, 0.1) is 11.2 Å². The Morgan fingerprint density at radius 2 is 1.78 bits per heavy atom. The Labute approximate surface area is 274 Å². The molecule has 2 aliphatic rings. The van der Waals surface area contributed by atoms with E-state index in [4.69, 9.17) is 14.2 Å². The van der Waals surface area contributed by atoms with Gasteiger partial charge in [0.2, 0.25) is 5.88 Å². The van der Waals surface area contributed by atoms with Gasteiger partial charge < -0.3 is 14.2 Å². The monoisotopic (exact) mass is 698 g/mol. The van der Waals surface area contributed by atoms with Crippen molar-refractivity contribution in [2.75, 3.05) is 26.3 Å². The van der Waals surface area contributed by atoms with Crippen LogP contribution in [0.1, 0.15) is 45.6 Å². The molecule has 0 unspecified atom stereocenters. The molecule has 2 aromatic carbocycles. The Balaban J connectivity index is 1.49. The zero-order valence-electron chi connectivity index (χ0n) is 26.4. The highest BCUT2D eigenvalue weighted by molar-refractivity contribution is 6.00. The lowest BCUT2D eigenvalue weighted by Crippen LogP contribution is -2.43. The third-order valence-corrected chi connectivity index (χ3v) is 8.57. The van der Waals surface area contributed by atoms with Gasteiger partial charge in [0.25, 0.3) is 0 Å².